The number of fused-ring (bicyclic) bond motifs is 1. The minimum Gasteiger partial charge on any atom is -0.481 e. The van der Waals surface area contributed by atoms with E-state index in [0.29, 0.717) is 41.5 Å². The Morgan fingerprint density at radius 2 is 1.83 bits per heavy atom. The van der Waals surface area contributed by atoms with Gasteiger partial charge >= 0.3 is 5.97 Å². The molecule has 3 aromatic rings. The third kappa shape index (κ3) is 6.29. The molecule has 2 aromatic carbocycles. The Hall–Kier alpha value is -2.39. The standard InChI is InChI=1S/C26H23BrCl2N2O4S/c27-19-4-1-15(2-5-19)20(14-22(33)34)30-26(35)16-7-10-31(11-8-16)21(32)6-3-17-13-18-9-12-36-25(18)24(29)23(17)28/h1-6,9,12-13,16,20H,7-8,10-11,14H2,(H,30,35)(H,33,34)/b6-3+/t20-/m1/s1. The van der Waals surface area contributed by atoms with E-state index in [1.165, 1.54) is 17.4 Å². The van der Waals surface area contributed by atoms with E-state index in [4.69, 9.17) is 23.2 Å². The highest BCUT2D eigenvalue weighted by Crippen LogP contribution is 2.37. The first-order chi connectivity index (χ1) is 17.2. The van der Waals surface area contributed by atoms with E-state index in [2.05, 4.69) is 21.2 Å². The van der Waals surface area contributed by atoms with Gasteiger partial charge in [0, 0.05) is 29.6 Å². The average molecular weight is 610 g/mol. The first-order valence-electron chi connectivity index (χ1n) is 11.3. The van der Waals surface area contributed by atoms with Crippen molar-refractivity contribution in [3.63, 3.8) is 0 Å². The van der Waals surface area contributed by atoms with Crippen LogP contribution in [0.15, 0.2) is 52.3 Å². The fourth-order valence-electron chi connectivity index (χ4n) is 4.23. The highest BCUT2D eigenvalue weighted by molar-refractivity contribution is 9.10. The van der Waals surface area contributed by atoms with Crippen molar-refractivity contribution in [3.05, 3.63) is 73.5 Å². The number of carbonyl (C=O) groups is 3. The normalized spacial score (nSPS) is 15.4. The number of piperidine rings is 1. The smallest absolute Gasteiger partial charge is 0.305 e. The van der Waals surface area contributed by atoms with E-state index in [1.54, 1.807) is 23.1 Å². The van der Waals surface area contributed by atoms with Crippen molar-refractivity contribution in [2.24, 2.45) is 5.92 Å². The summed E-state index contributed by atoms with van der Waals surface area (Å²) < 4.78 is 1.78. The Bertz CT molecular complexity index is 1320. The summed E-state index contributed by atoms with van der Waals surface area (Å²) in [5, 5.41) is 16.0. The van der Waals surface area contributed by atoms with Crippen LogP contribution >= 0.6 is 50.5 Å². The second-order valence-electron chi connectivity index (χ2n) is 8.58. The number of likely N-dealkylation sites (tertiary alicyclic amines) is 1. The molecule has 1 atom stereocenters. The van der Waals surface area contributed by atoms with Crippen LogP contribution in [0.2, 0.25) is 10.0 Å². The second kappa shape index (κ2) is 11.8. The zero-order chi connectivity index (χ0) is 25.8. The Morgan fingerprint density at radius 1 is 1.14 bits per heavy atom. The third-order valence-corrected chi connectivity index (χ3v) is 8.67. The molecule has 10 heteroatoms. The van der Waals surface area contributed by atoms with Gasteiger partial charge in [0.1, 0.15) is 0 Å². The Morgan fingerprint density at radius 3 is 2.50 bits per heavy atom. The number of amides is 2. The van der Waals surface area contributed by atoms with E-state index in [1.807, 2.05) is 29.6 Å². The molecular formula is C26H23BrCl2N2O4S. The fourth-order valence-corrected chi connectivity index (χ4v) is 5.93. The number of carboxylic acid groups (broad SMARTS) is 1. The highest BCUT2D eigenvalue weighted by Gasteiger charge is 2.29. The van der Waals surface area contributed by atoms with Gasteiger partial charge in [0.2, 0.25) is 11.8 Å². The van der Waals surface area contributed by atoms with E-state index >= 15 is 0 Å². The Balaban J connectivity index is 1.35. The number of rotatable bonds is 7. The van der Waals surface area contributed by atoms with E-state index in [9.17, 15) is 19.5 Å². The van der Waals surface area contributed by atoms with Crippen molar-refractivity contribution >= 4 is 84.4 Å². The van der Waals surface area contributed by atoms with Crippen LogP contribution in [0.25, 0.3) is 16.2 Å². The Labute approximate surface area is 231 Å². The fraction of sp³-hybridized carbons (Fsp3) is 0.269. The lowest BCUT2D eigenvalue weighted by Crippen LogP contribution is -2.43. The van der Waals surface area contributed by atoms with Gasteiger partial charge in [0.15, 0.2) is 0 Å². The minimum absolute atomic E-state index is 0.162. The number of thiophene rings is 1. The summed E-state index contributed by atoms with van der Waals surface area (Å²) in [5.74, 6) is -1.64. The molecule has 2 amide bonds. The van der Waals surface area contributed by atoms with Crippen molar-refractivity contribution in [2.75, 3.05) is 13.1 Å². The quantitative estimate of drug-likeness (QED) is 0.297. The van der Waals surface area contributed by atoms with Gasteiger partial charge in [-0.05, 0) is 65.1 Å². The summed E-state index contributed by atoms with van der Waals surface area (Å²) in [7, 11) is 0. The molecule has 2 N–H and O–H groups in total. The summed E-state index contributed by atoms with van der Waals surface area (Å²) in [5.41, 5.74) is 1.40. The summed E-state index contributed by atoms with van der Waals surface area (Å²) in [6.07, 6.45) is 3.94. The topological polar surface area (TPSA) is 86.7 Å². The number of hydrogen-bond acceptors (Lipinski definition) is 4. The Kier molecular flexibility index (Phi) is 8.72. The number of halogens is 3. The molecule has 1 aromatic heterocycles. The lowest BCUT2D eigenvalue weighted by molar-refractivity contribution is -0.138. The zero-order valence-electron chi connectivity index (χ0n) is 19.0. The number of benzene rings is 2. The second-order valence-corrected chi connectivity index (χ2v) is 11.2. The molecular weight excluding hydrogens is 587 g/mol. The van der Waals surface area contributed by atoms with Crippen LogP contribution in [-0.2, 0) is 14.4 Å². The van der Waals surface area contributed by atoms with E-state index in [0.717, 1.165) is 20.1 Å². The molecule has 0 radical (unpaired) electrons. The highest BCUT2D eigenvalue weighted by atomic mass is 79.9. The summed E-state index contributed by atoms with van der Waals surface area (Å²) in [6, 6.07) is 10.4. The molecule has 6 nitrogen and oxygen atoms in total. The summed E-state index contributed by atoms with van der Waals surface area (Å²) in [4.78, 5) is 38.7. The molecule has 0 spiro atoms. The van der Waals surface area contributed by atoms with Crippen molar-refractivity contribution in [2.45, 2.75) is 25.3 Å². The molecule has 0 saturated carbocycles. The predicted molar refractivity (Wildman–Crippen MR) is 147 cm³/mol. The van der Waals surface area contributed by atoms with Crippen molar-refractivity contribution < 1.29 is 19.5 Å². The molecule has 0 unspecified atom stereocenters. The van der Waals surface area contributed by atoms with Crippen LogP contribution in [0, 0.1) is 5.92 Å². The number of aliphatic carboxylic acids is 1. The maximum atomic E-state index is 12.9. The minimum atomic E-state index is -0.991. The van der Waals surface area contributed by atoms with Crippen molar-refractivity contribution in [1.82, 2.24) is 10.2 Å². The molecule has 1 aliphatic rings. The SMILES string of the molecule is O=C(O)C[C@@H](NC(=O)C1CCN(C(=O)/C=C/c2cc3ccsc3c(Cl)c2Cl)CC1)c1ccc(Br)cc1. The first-order valence-corrected chi connectivity index (χ1v) is 13.8. The molecule has 1 fully saturated rings. The molecule has 0 aliphatic carbocycles. The number of carbonyl (C=O) groups excluding carboxylic acids is 2. The average Bonchev–Trinajstić information content (AvgIpc) is 3.34. The molecule has 1 aliphatic heterocycles. The van der Waals surface area contributed by atoms with Crippen LogP contribution in [0.3, 0.4) is 0 Å². The largest absolute Gasteiger partial charge is 0.481 e. The van der Waals surface area contributed by atoms with Crippen LogP contribution in [-0.4, -0.2) is 40.9 Å². The lowest BCUT2D eigenvalue weighted by Gasteiger charge is -2.31. The van der Waals surface area contributed by atoms with Crippen LogP contribution in [0.5, 0.6) is 0 Å². The van der Waals surface area contributed by atoms with Crippen LogP contribution in [0.4, 0.5) is 0 Å². The van der Waals surface area contributed by atoms with Crippen LogP contribution < -0.4 is 5.32 Å². The molecule has 1 saturated heterocycles. The molecule has 36 heavy (non-hydrogen) atoms. The monoisotopic (exact) mass is 608 g/mol. The first kappa shape index (κ1) is 26.7. The van der Waals surface area contributed by atoms with Gasteiger partial charge in [0.25, 0.3) is 0 Å². The number of carboxylic acids is 1. The molecule has 2 heterocycles. The molecule has 4 rings (SSSR count). The summed E-state index contributed by atoms with van der Waals surface area (Å²) >= 11 is 17.6. The van der Waals surface area contributed by atoms with Gasteiger partial charge in [-0.1, -0.05) is 51.3 Å². The van der Waals surface area contributed by atoms with Gasteiger partial charge in [-0.25, -0.2) is 0 Å². The van der Waals surface area contributed by atoms with E-state index in [-0.39, 0.29) is 24.2 Å². The van der Waals surface area contributed by atoms with Gasteiger partial charge < -0.3 is 15.3 Å². The maximum Gasteiger partial charge on any atom is 0.305 e. The molecule has 188 valence electrons. The van der Waals surface area contributed by atoms with Gasteiger partial charge in [-0.3, -0.25) is 14.4 Å². The lowest BCUT2D eigenvalue weighted by atomic mass is 9.94. The maximum absolute atomic E-state index is 12.9. The third-order valence-electron chi connectivity index (χ3n) is 6.20. The van der Waals surface area contributed by atoms with E-state index < -0.39 is 12.0 Å². The predicted octanol–water partition coefficient (Wildman–Crippen LogP) is 6.55. The summed E-state index contributed by atoms with van der Waals surface area (Å²) in [6.45, 7) is 0.863. The van der Waals surface area contributed by atoms with Crippen molar-refractivity contribution in [3.8, 4) is 0 Å². The number of nitrogens with zero attached hydrogens (tertiary/aromatic N) is 1. The van der Waals surface area contributed by atoms with Crippen LogP contribution in [0.1, 0.15) is 36.4 Å². The van der Waals surface area contributed by atoms with Gasteiger partial charge in [-0.15, -0.1) is 11.3 Å². The van der Waals surface area contributed by atoms with Gasteiger partial charge in [-0.2, -0.15) is 0 Å². The van der Waals surface area contributed by atoms with Crippen molar-refractivity contribution in [1.29, 1.82) is 0 Å². The zero-order valence-corrected chi connectivity index (χ0v) is 23.0. The molecule has 0 bridgehead atoms. The number of hydrogen-bond donors (Lipinski definition) is 2. The number of nitrogens with one attached hydrogen (secondary N) is 1. The van der Waals surface area contributed by atoms with Gasteiger partial charge in [0.05, 0.1) is 27.2 Å².